The fourth-order valence-corrected chi connectivity index (χ4v) is 4.03. The molecule has 0 aliphatic heterocycles. The highest BCUT2D eigenvalue weighted by Gasteiger charge is 2.30. The van der Waals surface area contributed by atoms with E-state index in [2.05, 4.69) is 4.98 Å². The molecule has 3 heterocycles. The predicted octanol–water partition coefficient (Wildman–Crippen LogP) is 3.88. The number of hydrogen-bond donors (Lipinski definition) is 0. The lowest BCUT2D eigenvalue weighted by atomic mass is 10.2. The summed E-state index contributed by atoms with van der Waals surface area (Å²) in [6.45, 7) is -0.158. The van der Waals surface area contributed by atoms with Gasteiger partial charge in [-0.3, -0.25) is 18.6 Å². The maximum atomic E-state index is 13.5. The van der Waals surface area contributed by atoms with Gasteiger partial charge in [0.2, 0.25) is 0 Å². The lowest BCUT2D eigenvalue weighted by molar-refractivity contribution is -0.137. The van der Waals surface area contributed by atoms with Crippen LogP contribution in [0.4, 0.5) is 13.2 Å². The van der Waals surface area contributed by atoms with Gasteiger partial charge in [0, 0.05) is 12.3 Å². The minimum absolute atomic E-state index is 0.0197. The van der Waals surface area contributed by atoms with E-state index in [0.29, 0.717) is 16.2 Å². The van der Waals surface area contributed by atoms with Gasteiger partial charge in [0.25, 0.3) is 11.1 Å². The molecule has 0 saturated carbocycles. The van der Waals surface area contributed by atoms with Crippen LogP contribution in [0.15, 0.2) is 87.3 Å². The number of benzene rings is 2. The Morgan fingerprint density at radius 2 is 1.63 bits per heavy atom. The molecular formula is C24H14ClF3N4O3. The van der Waals surface area contributed by atoms with E-state index in [4.69, 9.17) is 11.6 Å². The second-order valence-electron chi connectivity index (χ2n) is 7.73. The predicted molar refractivity (Wildman–Crippen MR) is 124 cm³/mol. The van der Waals surface area contributed by atoms with E-state index in [1.807, 2.05) is 0 Å². The van der Waals surface area contributed by atoms with Gasteiger partial charge in [0.1, 0.15) is 5.65 Å². The summed E-state index contributed by atoms with van der Waals surface area (Å²) in [4.78, 5) is 43.6. The van der Waals surface area contributed by atoms with Crippen LogP contribution in [-0.4, -0.2) is 18.5 Å². The van der Waals surface area contributed by atoms with E-state index in [0.717, 1.165) is 28.8 Å². The standard InChI is InChI=1S/C24H14ClF3N4O3/c25-15-7-10-20-29-16(11-21(33)31(20)12-15)13-30-19-4-2-1-3-18(19)22(34)32(23(30)35)17-8-5-14(6-9-17)24(26,27)28/h1-12H,13H2. The normalized spacial score (nSPS) is 11.9. The molecule has 0 unspecified atom stereocenters. The van der Waals surface area contributed by atoms with Crippen LogP contribution in [0.25, 0.3) is 22.2 Å². The maximum Gasteiger partial charge on any atom is 0.416 e. The topological polar surface area (TPSA) is 78.4 Å². The molecule has 0 fully saturated rings. The molecule has 0 N–H and O–H groups in total. The van der Waals surface area contributed by atoms with Crippen molar-refractivity contribution in [1.82, 2.24) is 18.5 Å². The Bertz CT molecular complexity index is 1790. The minimum Gasteiger partial charge on any atom is -0.287 e. The molecule has 3 aromatic heterocycles. The summed E-state index contributed by atoms with van der Waals surface area (Å²) in [6.07, 6.45) is -3.14. The Labute approximate surface area is 198 Å². The molecule has 176 valence electrons. The summed E-state index contributed by atoms with van der Waals surface area (Å²) in [5.74, 6) is 0. The first-order chi connectivity index (χ1) is 16.6. The van der Waals surface area contributed by atoms with Gasteiger partial charge in [-0.15, -0.1) is 0 Å². The second-order valence-corrected chi connectivity index (χ2v) is 8.17. The summed E-state index contributed by atoms with van der Waals surface area (Å²) in [7, 11) is 0. The first-order valence-electron chi connectivity index (χ1n) is 10.2. The number of aromatic nitrogens is 4. The van der Waals surface area contributed by atoms with Crippen LogP contribution >= 0.6 is 11.6 Å². The Morgan fingerprint density at radius 1 is 0.914 bits per heavy atom. The van der Waals surface area contributed by atoms with Crippen LogP contribution in [0.2, 0.25) is 5.02 Å². The van der Waals surface area contributed by atoms with Gasteiger partial charge in [-0.2, -0.15) is 13.2 Å². The highest BCUT2D eigenvalue weighted by atomic mass is 35.5. The van der Waals surface area contributed by atoms with Crippen molar-refractivity contribution in [1.29, 1.82) is 0 Å². The van der Waals surface area contributed by atoms with Gasteiger partial charge in [0.05, 0.1) is 39.4 Å². The number of para-hydroxylation sites is 1. The SMILES string of the molecule is O=c1c2ccccc2n(Cc2cc(=O)n3cc(Cl)ccc3n2)c(=O)n1-c1ccc(C(F)(F)F)cc1. The van der Waals surface area contributed by atoms with Crippen molar-refractivity contribution < 1.29 is 13.2 Å². The van der Waals surface area contributed by atoms with Crippen molar-refractivity contribution in [2.75, 3.05) is 0 Å². The lowest BCUT2D eigenvalue weighted by Gasteiger charge is -2.15. The lowest BCUT2D eigenvalue weighted by Crippen LogP contribution is -2.39. The Hall–Kier alpha value is -4.18. The van der Waals surface area contributed by atoms with Crippen LogP contribution in [0.3, 0.4) is 0 Å². The van der Waals surface area contributed by atoms with Crippen LogP contribution < -0.4 is 16.8 Å². The van der Waals surface area contributed by atoms with E-state index >= 15 is 0 Å². The fourth-order valence-electron chi connectivity index (χ4n) is 3.87. The average Bonchev–Trinajstić information content (AvgIpc) is 2.82. The van der Waals surface area contributed by atoms with Crippen molar-refractivity contribution in [2.45, 2.75) is 12.7 Å². The molecule has 0 atom stereocenters. The number of alkyl halides is 3. The second kappa shape index (κ2) is 8.24. The molecule has 0 saturated heterocycles. The number of fused-ring (bicyclic) bond motifs is 2. The molecule has 5 aromatic rings. The van der Waals surface area contributed by atoms with Crippen LogP contribution in [-0.2, 0) is 12.7 Å². The average molecular weight is 499 g/mol. The zero-order valence-electron chi connectivity index (χ0n) is 17.7. The Morgan fingerprint density at radius 3 is 2.34 bits per heavy atom. The first kappa shape index (κ1) is 22.6. The smallest absolute Gasteiger partial charge is 0.287 e. The Balaban J connectivity index is 1.71. The minimum atomic E-state index is -4.56. The number of hydrogen-bond acceptors (Lipinski definition) is 4. The third-order valence-electron chi connectivity index (χ3n) is 5.50. The zero-order valence-corrected chi connectivity index (χ0v) is 18.4. The fraction of sp³-hybridized carbons (Fsp3) is 0.0833. The van der Waals surface area contributed by atoms with Crippen LogP contribution in [0, 0.1) is 0 Å². The molecule has 0 bridgehead atoms. The van der Waals surface area contributed by atoms with Gasteiger partial charge in [-0.05, 0) is 48.5 Å². The number of halogens is 4. The molecule has 0 radical (unpaired) electrons. The van der Waals surface area contributed by atoms with Crippen LogP contribution in [0.5, 0.6) is 0 Å². The van der Waals surface area contributed by atoms with E-state index in [1.165, 1.54) is 27.3 Å². The molecule has 0 aliphatic rings. The molecule has 0 aliphatic carbocycles. The molecule has 7 nitrogen and oxygen atoms in total. The summed E-state index contributed by atoms with van der Waals surface area (Å²) in [5.41, 5.74) is -1.95. The summed E-state index contributed by atoms with van der Waals surface area (Å²) >= 11 is 5.94. The maximum absolute atomic E-state index is 13.5. The van der Waals surface area contributed by atoms with Gasteiger partial charge in [0.15, 0.2) is 0 Å². The molecule has 35 heavy (non-hydrogen) atoms. The van der Waals surface area contributed by atoms with Crippen molar-refractivity contribution >= 4 is 28.2 Å². The molecular weight excluding hydrogens is 485 g/mol. The number of pyridine rings is 1. The van der Waals surface area contributed by atoms with Crippen molar-refractivity contribution in [3.05, 3.63) is 120 Å². The zero-order chi connectivity index (χ0) is 24.9. The van der Waals surface area contributed by atoms with E-state index in [9.17, 15) is 27.6 Å². The number of rotatable bonds is 3. The summed E-state index contributed by atoms with van der Waals surface area (Å²) in [5, 5.41) is 0.524. The van der Waals surface area contributed by atoms with Crippen molar-refractivity contribution in [3.63, 3.8) is 0 Å². The third kappa shape index (κ3) is 4.01. The highest BCUT2D eigenvalue weighted by Crippen LogP contribution is 2.29. The molecule has 0 spiro atoms. The summed E-state index contributed by atoms with van der Waals surface area (Å²) in [6, 6.07) is 14.4. The van der Waals surface area contributed by atoms with Gasteiger partial charge in [-0.1, -0.05) is 23.7 Å². The largest absolute Gasteiger partial charge is 0.416 e. The third-order valence-corrected chi connectivity index (χ3v) is 5.72. The summed E-state index contributed by atoms with van der Waals surface area (Å²) < 4.78 is 42.3. The van der Waals surface area contributed by atoms with E-state index < -0.39 is 28.5 Å². The highest BCUT2D eigenvalue weighted by molar-refractivity contribution is 6.30. The Kier molecular flexibility index (Phi) is 5.32. The number of nitrogens with zero attached hydrogens (tertiary/aromatic N) is 4. The van der Waals surface area contributed by atoms with E-state index in [-0.39, 0.29) is 23.3 Å². The van der Waals surface area contributed by atoms with Crippen LogP contribution in [0.1, 0.15) is 11.3 Å². The van der Waals surface area contributed by atoms with Gasteiger partial charge >= 0.3 is 11.9 Å². The molecule has 0 amide bonds. The van der Waals surface area contributed by atoms with Gasteiger partial charge in [-0.25, -0.2) is 14.3 Å². The monoisotopic (exact) mass is 498 g/mol. The quantitative estimate of drug-likeness (QED) is 0.378. The van der Waals surface area contributed by atoms with Gasteiger partial charge < -0.3 is 0 Å². The van der Waals surface area contributed by atoms with Crippen molar-refractivity contribution in [3.8, 4) is 5.69 Å². The molecule has 11 heteroatoms. The van der Waals surface area contributed by atoms with Crippen molar-refractivity contribution in [2.24, 2.45) is 0 Å². The first-order valence-corrected chi connectivity index (χ1v) is 10.6. The van der Waals surface area contributed by atoms with E-state index in [1.54, 1.807) is 30.3 Å². The molecule has 2 aromatic carbocycles. The molecule has 5 rings (SSSR count).